The average molecular weight is 224 g/mol. The number of aromatic nitrogens is 1. The van der Waals surface area contributed by atoms with Crippen molar-refractivity contribution in [2.75, 3.05) is 0 Å². The van der Waals surface area contributed by atoms with Crippen LogP contribution in [0.15, 0.2) is 24.4 Å². The van der Waals surface area contributed by atoms with Gasteiger partial charge in [-0.1, -0.05) is 23.7 Å². The number of halogens is 1. The Balaban J connectivity index is 2.50. The number of benzene rings is 1. The minimum atomic E-state index is -0.697. The summed E-state index contributed by atoms with van der Waals surface area (Å²) in [5.74, 6) is 0. The quantitative estimate of drug-likeness (QED) is 0.806. The van der Waals surface area contributed by atoms with Gasteiger partial charge in [-0.15, -0.1) is 0 Å². The predicted molar refractivity (Wildman–Crippen MR) is 63.3 cm³/mol. The lowest BCUT2D eigenvalue weighted by atomic mass is 9.98. The number of aromatic amines is 1. The van der Waals surface area contributed by atoms with Gasteiger partial charge < -0.3 is 10.1 Å². The Labute approximate surface area is 93.9 Å². The number of hydrogen-bond acceptors (Lipinski definition) is 1. The molecule has 0 unspecified atom stereocenters. The zero-order valence-corrected chi connectivity index (χ0v) is 9.60. The van der Waals surface area contributed by atoms with Gasteiger partial charge in [0.25, 0.3) is 0 Å². The maximum absolute atomic E-state index is 9.77. The van der Waals surface area contributed by atoms with Crippen molar-refractivity contribution in [3.8, 4) is 0 Å². The Bertz CT molecular complexity index is 482. The van der Waals surface area contributed by atoms with Crippen molar-refractivity contribution >= 4 is 22.5 Å². The van der Waals surface area contributed by atoms with E-state index in [0.29, 0.717) is 6.42 Å². The van der Waals surface area contributed by atoms with E-state index in [-0.39, 0.29) is 0 Å². The van der Waals surface area contributed by atoms with Gasteiger partial charge in [0.15, 0.2) is 0 Å². The molecule has 0 amide bonds. The fraction of sp³-hybridized carbons (Fsp3) is 0.333. The van der Waals surface area contributed by atoms with E-state index in [1.807, 2.05) is 24.4 Å². The van der Waals surface area contributed by atoms with Crippen molar-refractivity contribution < 1.29 is 5.11 Å². The molecule has 0 saturated heterocycles. The Hall–Kier alpha value is -0.990. The second kappa shape index (κ2) is 3.54. The number of para-hydroxylation sites is 1. The van der Waals surface area contributed by atoms with Gasteiger partial charge in [-0.2, -0.15) is 0 Å². The Morgan fingerprint density at radius 3 is 2.80 bits per heavy atom. The minimum Gasteiger partial charge on any atom is -0.390 e. The molecule has 80 valence electrons. The largest absolute Gasteiger partial charge is 0.390 e. The molecule has 1 heterocycles. The van der Waals surface area contributed by atoms with Crippen molar-refractivity contribution in [3.05, 3.63) is 35.0 Å². The molecule has 3 heteroatoms. The van der Waals surface area contributed by atoms with Crippen LogP contribution < -0.4 is 0 Å². The van der Waals surface area contributed by atoms with E-state index in [9.17, 15) is 5.11 Å². The van der Waals surface area contributed by atoms with E-state index in [1.165, 1.54) is 0 Å². The molecule has 0 aliphatic carbocycles. The number of rotatable bonds is 2. The molecule has 0 bridgehead atoms. The third-order valence-corrected chi connectivity index (χ3v) is 2.69. The molecule has 2 aromatic rings. The summed E-state index contributed by atoms with van der Waals surface area (Å²) in [4.78, 5) is 3.14. The molecule has 1 aromatic heterocycles. The highest BCUT2D eigenvalue weighted by molar-refractivity contribution is 6.35. The predicted octanol–water partition coefficient (Wildman–Crippen LogP) is 3.13. The standard InChI is InChI=1S/C12H14ClNO/c1-12(2,15)6-8-7-14-11-9(8)4-3-5-10(11)13/h3-5,7,14-15H,6H2,1-2H3. The lowest BCUT2D eigenvalue weighted by molar-refractivity contribution is 0.0813. The molecule has 2 N–H and O–H groups in total. The van der Waals surface area contributed by atoms with E-state index in [4.69, 9.17) is 11.6 Å². The maximum atomic E-state index is 9.77. The van der Waals surface area contributed by atoms with E-state index in [2.05, 4.69) is 4.98 Å². The van der Waals surface area contributed by atoms with Gasteiger partial charge in [-0.05, 0) is 25.5 Å². The van der Waals surface area contributed by atoms with Crippen LogP contribution in [0, 0.1) is 0 Å². The summed E-state index contributed by atoms with van der Waals surface area (Å²) in [6.07, 6.45) is 2.53. The van der Waals surface area contributed by atoms with Crippen LogP contribution in [0.3, 0.4) is 0 Å². The summed E-state index contributed by atoms with van der Waals surface area (Å²) in [7, 11) is 0. The molecule has 0 atom stereocenters. The first kappa shape index (κ1) is 10.5. The van der Waals surface area contributed by atoms with Crippen LogP contribution in [0.25, 0.3) is 10.9 Å². The van der Waals surface area contributed by atoms with Crippen LogP contribution in [0.1, 0.15) is 19.4 Å². The first-order chi connectivity index (χ1) is 6.97. The highest BCUT2D eigenvalue weighted by atomic mass is 35.5. The summed E-state index contributed by atoms with van der Waals surface area (Å²) in [5.41, 5.74) is 1.34. The molecule has 2 nitrogen and oxygen atoms in total. The van der Waals surface area contributed by atoms with Gasteiger partial charge in [0, 0.05) is 18.0 Å². The number of aliphatic hydroxyl groups is 1. The normalized spacial score (nSPS) is 12.3. The van der Waals surface area contributed by atoms with Crippen LogP contribution >= 0.6 is 11.6 Å². The summed E-state index contributed by atoms with van der Waals surface area (Å²) >= 11 is 6.05. The van der Waals surface area contributed by atoms with Gasteiger partial charge in [0.2, 0.25) is 0 Å². The molecule has 0 aliphatic heterocycles. The third-order valence-electron chi connectivity index (χ3n) is 2.37. The van der Waals surface area contributed by atoms with Gasteiger partial charge >= 0.3 is 0 Å². The Morgan fingerprint density at radius 1 is 1.40 bits per heavy atom. The molecule has 0 fully saturated rings. The van der Waals surface area contributed by atoms with Gasteiger partial charge in [-0.3, -0.25) is 0 Å². The van der Waals surface area contributed by atoms with E-state index in [0.717, 1.165) is 21.5 Å². The van der Waals surface area contributed by atoms with Crippen molar-refractivity contribution in [1.29, 1.82) is 0 Å². The van der Waals surface area contributed by atoms with Crippen molar-refractivity contribution in [2.45, 2.75) is 25.9 Å². The second-order valence-electron chi connectivity index (χ2n) is 4.47. The number of nitrogens with one attached hydrogen (secondary N) is 1. The Kier molecular flexibility index (Phi) is 2.49. The first-order valence-electron chi connectivity index (χ1n) is 4.94. The fourth-order valence-corrected chi connectivity index (χ4v) is 2.02. The molecular weight excluding hydrogens is 210 g/mol. The van der Waals surface area contributed by atoms with Crippen LogP contribution in [0.2, 0.25) is 5.02 Å². The number of H-pyrrole nitrogens is 1. The fourth-order valence-electron chi connectivity index (χ4n) is 1.79. The van der Waals surface area contributed by atoms with Crippen molar-refractivity contribution in [3.63, 3.8) is 0 Å². The molecule has 15 heavy (non-hydrogen) atoms. The molecule has 0 spiro atoms. The van der Waals surface area contributed by atoms with Crippen LogP contribution in [-0.4, -0.2) is 15.7 Å². The zero-order chi connectivity index (χ0) is 11.1. The SMILES string of the molecule is CC(C)(O)Cc1c[nH]c2c(Cl)cccc12. The molecule has 0 radical (unpaired) electrons. The smallest absolute Gasteiger partial charge is 0.0647 e. The van der Waals surface area contributed by atoms with Crippen LogP contribution in [-0.2, 0) is 6.42 Å². The van der Waals surface area contributed by atoms with Gasteiger partial charge in [0.1, 0.15) is 0 Å². The Morgan fingerprint density at radius 2 is 2.13 bits per heavy atom. The molecule has 1 aromatic carbocycles. The third kappa shape index (κ3) is 2.16. The summed E-state index contributed by atoms with van der Waals surface area (Å²) in [5, 5.41) is 11.6. The zero-order valence-electron chi connectivity index (χ0n) is 8.84. The summed E-state index contributed by atoms with van der Waals surface area (Å²) < 4.78 is 0. The van der Waals surface area contributed by atoms with Crippen LogP contribution in [0.4, 0.5) is 0 Å². The highest BCUT2D eigenvalue weighted by Gasteiger charge is 2.16. The van der Waals surface area contributed by atoms with Crippen molar-refractivity contribution in [2.24, 2.45) is 0 Å². The van der Waals surface area contributed by atoms with Gasteiger partial charge in [-0.25, -0.2) is 0 Å². The lowest BCUT2D eigenvalue weighted by Gasteiger charge is -2.16. The number of fused-ring (bicyclic) bond motifs is 1. The van der Waals surface area contributed by atoms with Crippen LogP contribution in [0.5, 0.6) is 0 Å². The highest BCUT2D eigenvalue weighted by Crippen LogP contribution is 2.27. The first-order valence-corrected chi connectivity index (χ1v) is 5.32. The van der Waals surface area contributed by atoms with Gasteiger partial charge in [0.05, 0.1) is 16.1 Å². The van der Waals surface area contributed by atoms with E-state index < -0.39 is 5.60 Å². The average Bonchev–Trinajstić information content (AvgIpc) is 2.48. The van der Waals surface area contributed by atoms with Crippen molar-refractivity contribution in [1.82, 2.24) is 4.98 Å². The molecule has 2 rings (SSSR count). The lowest BCUT2D eigenvalue weighted by Crippen LogP contribution is -2.21. The monoisotopic (exact) mass is 223 g/mol. The number of hydrogen-bond donors (Lipinski definition) is 2. The second-order valence-corrected chi connectivity index (χ2v) is 4.87. The summed E-state index contributed by atoms with van der Waals surface area (Å²) in [6.45, 7) is 3.60. The van der Waals surface area contributed by atoms with E-state index >= 15 is 0 Å². The molecule has 0 saturated carbocycles. The maximum Gasteiger partial charge on any atom is 0.0647 e. The van der Waals surface area contributed by atoms with E-state index in [1.54, 1.807) is 13.8 Å². The molecule has 0 aliphatic rings. The summed E-state index contributed by atoms with van der Waals surface area (Å²) in [6, 6.07) is 5.79. The minimum absolute atomic E-state index is 0.618. The molecular formula is C12H14ClNO. The topological polar surface area (TPSA) is 36.0 Å².